The summed E-state index contributed by atoms with van der Waals surface area (Å²) in [5.41, 5.74) is 6.17. The third-order valence-electron chi connectivity index (χ3n) is 3.69. The third-order valence-corrected chi connectivity index (χ3v) is 3.69. The quantitative estimate of drug-likeness (QED) is 0.543. The van der Waals surface area contributed by atoms with Crippen LogP contribution in [0.4, 0.5) is 11.5 Å². The first-order valence-corrected chi connectivity index (χ1v) is 7.97. The fraction of sp³-hybridized carbons (Fsp3) is 0.500. The number of pyridine rings is 1. The second-order valence-corrected chi connectivity index (χ2v) is 6.23. The summed E-state index contributed by atoms with van der Waals surface area (Å²) in [5.74, 6) is -0.223. The van der Waals surface area contributed by atoms with E-state index in [0.29, 0.717) is 11.5 Å². The van der Waals surface area contributed by atoms with E-state index >= 15 is 0 Å². The first-order valence-electron chi connectivity index (χ1n) is 7.97. The van der Waals surface area contributed by atoms with Gasteiger partial charge in [0.05, 0.1) is 24.5 Å². The molecule has 0 radical (unpaired) electrons. The SMILES string of the molecule is CC(C)[C@H](N)C(=O)NCC(=O)Nc1ccc(NC(=O)C2CC2)nc1.Cl.Cl. The Morgan fingerprint density at radius 1 is 1.19 bits per heavy atom. The van der Waals surface area contributed by atoms with Crippen LogP contribution in [-0.2, 0) is 14.4 Å². The molecule has 5 N–H and O–H groups in total. The van der Waals surface area contributed by atoms with Crippen molar-refractivity contribution in [3.63, 3.8) is 0 Å². The van der Waals surface area contributed by atoms with Crippen molar-refractivity contribution in [1.82, 2.24) is 10.3 Å². The van der Waals surface area contributed by atoms with Gasteiger partial charge in [0.1, 0.15) is 5.82 Å². The summed E-state index contributed by atoms with van der Waals surface area (Å²) in [5, 5.41) is 7.81. The van der Waals surface area contributed by atoms with Crippen LogP contribution in [0.3, 0.4) is 0 Å². The number of halogens is 2. The fourth-order valence-corrected chi connectivity index (χ4v) is 1.91. The van der Waals surface area contributed by atoms with Crippen LogP contribution in [0.5, 0.6) is 0 Å². The highest BCUT2D eigenvalue weighted by molar-refractivity contribution is 5.96. The van der Waals surface area contributed by atoms with Gasteiger partial charge in [-0.1, -0.05) is 13.8 Å². The average molecular weight is 406 g/mol. The smallest absolute Gasteiger partial charge is 0.243 e. The second-order valence-electron chi connectivity index (χ2n) is 6.23. The molecule has 0 spiro atoms. The standard InChI is InChI=1S/C16H23N5O3.2ClH/c1-9(2)14(17)16(24)19-8-13(22)20-11-5-6-12(18-7-11)21-15(23)10-3-4-10;;/h5-7,9-10,14H,3-4,8,17H2,1-2H3,(H,19,24)(H,20,22)(H,18,21,23);2*1H/t14-;;/m0../s1. The summed E-state index contributed by atoms with van der Waals surface area (Å²) >= 11 is 0. The molecule has 1 aliphatic rings. The molecule has 8 nitrogen and oxygen atoms in total. The summed E-state index contributed by atoms with van der Waals surface area (Å²) in [6.45, 7) is 3.50. The van der Waals surface area contributed by atoms with Gasteiger partial charge in [-0.05, 0) is 30.9 Å². The zero-order chi connectivity index (χ0) is 17.7. The fourth-order valence-electron chi connectivity index (χ4n) is 1.91. The number of hydrogen-bond acceptors (Lipinski definition) is 5. The summed E-state index contributed by atoms with van der Waals surface area (Å²) in [6, 6.07) is 2.60. The largest absolute Gasteiger partial charge is 0.346 e. The molecule has 1 fully saturated rings. The summed E-state index contributed by atoms with van der Waals surface area (Å²) in [6.07, 6.45) is 3.29. The minimum atomic E-state index is -0.645. The van der Waals surface area contributed by atoms with E-state index in [1.807, 2.05) is 13.8 Å². The average Bonchev–Trinajstić information content (AvgIpc) is 3.38. The predicted octanol–water partition coefficient (Wildman–Crippen LogP) is 1.31. The number of nitrogens with one attached hydrogen (secondary N) is 3. The van der Waals surface area contributed by atoms with Gasteiger partial charge >= 0.3 is 0 Å². The van der Waals surface area contributed by atoms with Crippen molar-refractivity contribution in [3.8, 4) is 0 Å². The van der Waals surface area contributed by atoms with E-state index < -0.39 is 6.04 Å². The van der Waals surface area contributed by atoms with Gasteiger partial charge in [-0.25, -0.2) is 4.98 Å². The molecule has 0 unspecified atom stereocenters. The second kappa shape index (κ2) is 10.9. The number of anilines is 2. The molecule has 1 aromatic heterocycles. The maximum Gasteiger partial charge on any atom is 0.243 e. The third kappa shape index (κ3) is 7.55. The van der Waals surface area contributed by atoms with Crippen LogP contribution in [-0.4, -0.2) is 35.3 Å². The van der Waals surface area contributed by atoms with Crippen LogP contribution in [0.25, 0.3) is 0 Å². The van der Waals surface area contributed by atoms with Crippen molar-refractivity contribution in [1.29, 1.82) is 0 Å². The van der Waals surface area contributed by atoms with Crippen LogP contribution >= 0.6 is 24.8 Å². The van der Waals surface area contributed by atoms with Crippen LogP contribution in [0.2, 0.25) is 0 Å². The monoisotopic (exact) mass is 405 g/mol. The lowest BCUT2D eigenvalue weighted by Gasteiger charge is -2.15. The lowest BCUT2D eigenvalue weighted by molar-refractivity contribution is -0.125. The zero-order valence-electron chi connectivity index (χ0n) is 14.7. The summed E-state index contributed by atoms with van der Waals surface area (Å²) in [4.78, 5) is 39.2. The predicted molar refractivity (Wildman–Crippen MR) is 105 cm³/mol. The lowest BCUT2D eigenvalue weighted by atomic mass is 10.1. The molecule has 146 valence electrons. The first kappa shape index (κ1) is 24.1. The van der Waals surface area contributed by atoms with Crippen molar-refractivity contribution in [2.45, 2.75) is 32.7 Å². The van der Waals surface area contributed by atoms with E-state index in [1.165, 1.54) is 6.20 Å². The van der Waals surface area contributed by atoms with Crippen molar-refractivity contribution in [2.75, 3.05) is 17.2 Å². The molecule has 1 heterocycles. The van der Waals surface area contributed by atoms with Gasteiger partial charge in [-0.3, -0.25) is 14.4 Å². The maximum absolute atomic E-state index is 11.8. The Hall–Kier alpha value is -1.90. The molecule has 3 amide bonds. The van der Waals surface area contributed by atoms with Gasteiger partial charge < -0.3 is 21.7 Å². The van der Waals surface area contributed by atoms with E-state index in [-0.39, 0.29) is 60.9 Å². The lowest BCUT2D eigenvalue weighted by Crippen LogP contribution is -2.46. The van der Waals surface area contributed by atoms with Crippen molar-refractivity contribution in [2.24, 2.45) is 17.6 Å². The highest BCUT2D eigenvalue weighted by Crippen LogP contribution is 2.29. The van der Waals surface area contributed by atoms with Gasteiger partial charge in [-0.2, -0.15) is 0 Å². The number of rotatable bonds is 7. The number of carbonyl (C=O) groups excluding carboxylic acids is 3. The van der Waals surface area contributed by atoms with Crippen LogP contribution in [0.1, 0.15) is 26.7 Å². The summed E-state index contributed by atoms with van der Waals surface area (Å²) < 4.78 is 0. The summed E-state index contributed by atoms with van der Waals surface area (Å²) in [7, 11) is 0. The minimum absolute atomic E-state index is 0. The molecular formula is C16H25Cl2N5O3. The first-order chi connectivity index (χ1) is 11.4. The highest BCUT2D eigenvalue weighted by atomic mass is 35.5. The van der Waals surface area contributed by atoms with Gasteiger partial charge in [-0.15, -0.1) is 24.8 Å². The van der Waals surface area contributed by atoms with Gasteiger partial charge in [0.25, 0.3) is 0 Å². The molecular weight excluding hydrogens is 381 g/mol. The molecule has 0 aromatic carbocycles. The van der Waals surface area contributed by atoms with Gasteiger partial charge in [0.15, 0.2) is 0 Å². The molecule has 1 saturated carbocycles. The number of amides is 3. The molecule has 2 rings (SSSR count). The van der Waals surface area contributed by atoms with E-state index in [2.05, 4.69) is 20.9 Å². The number of aromatic nitrogens is 1. The molecule has 0 aliphatic heterocycles. The Kier molecular flexibility index (Phi) is 10.1. The Bertz CT molecular complexity index is 621. The van der Waals surface area contributed by atoms with Gasteiger partial charge in [0.2, 0.25) is 17.7 Å². The normalized spacial score (nSPS) is 13.7. The van der Waals surface area contributed by atoms with Gasteiger partial charge in [0, 0.05) is 5.92 Å². The maximum atomic E-state index is 11.8. The number of nitrogens with zero attached hydrogens (tertiary/aromatic N) is 1. The van der Waals surface area contributed by atoms with Crippen LogP contribution in [0.15, 0.2) is 18.3 Å². The molecule has 0 bridgehead atoms. The molecule has 1 aromatic rings. The van der Waals surface area contributed by atoms with E-state index in [4.69, 9.17) is 5.73 Å². The Morgan fingerprint density at radius 3 is 2.35 bits per heavy atom. The van der Waals surface area contributed by atoms with E-state index in [9.17, 15) is 14.4 Å². The molecule has 26 heavy (non-hydrogen) atoms. The van der Waals surface area contributed by atoms with E-state index in [1.54, 1.807) is 12.1 Å². The molecule has 1 aliphatic carbocycles. The number of nitrogens with two attached hydrogens (primary N) is 1. The molecule has 1 atom stereocenters. The Morgan fingerprint density at radius 2 is 1.85 bits per heavy atom. The Labute approximate surface area is 164 Å². The molecule has 0 saturated heterocycles. The van der Waals surface area contributed by atoms with Crippen molar-refractivity contribution in [3.05, 3.63) is 18.3 Å². The van der Waals surface area contributed by atoms with Crippen molar-refractivity contribution >= 4 is 54.0 Å². The van der Waals surface area contributed by atoms with Crippen molar-refractivity contribution < 1.29 is 14.4 Å². The Balaban J connectivity index is 0.00000312. The molecule has 10 heteroatoms. The highest BCUT2D eigenvalue weighted by Gasteiger charge is 2.29. The minimum Gasteiger partial charge on any atom is -0.346 e. The van der Waals surface area contributed by atoms with Crippen LogP contribution < -0.4 is 21.7 Å². The number of hydrogen-bond donors (Lipinski definition) is 4. The van der Waals surface area contributed by atoms with E-state index in [0.717, 1.165) is 12.8 Å². The van der Waals surface area contributed by atoms with Crippen LogP contribution in [0, 0.1) is 11.8 Å². The topological polar surface area (TPSA) is 126 Å². The zero-order valence-corrected chi connectivity index (χ0v) is 16.3. The number of carbonyl (C=O) groups is 3.